The molecule has 0 aliphatic carbocycles. The van der Waals surface area contributed by atoms with Crippen LogP contribution in [0.4, 0.5) is 14.5 Å². The number of nitrogens with zero attached hydrogens (tertiary/aromatic N) is 5. The minimum Gasteiger partial charge on any atom is -0.497 e. The number of hydrogen-bond donors (Lipinski definition) is 0. The molecule has 3 aromatic carbocycles. The summed E-state index contributed by atoms with van der Waals surface area (Å²) in [7, 11) is 1.49. The van der Waals surface area contributed by atoms with Crippen LogP contribution < -0.4 is 16.0 Å². The van der Waals surface area contributed by atoms with Crippen LogP contribution in [0.25, 0.3) is 12.2 Å². The van der Waals surface area contributed by atoms with Crippen LogP contribution in [-0.4, -0.2) is 30.9 Å². The molecule has 10 nitrogen and oxygen atoms in total. The summed E-state index contributed by atoms with van der Waals surface area (Å²) in [4.78, 5) is 38.4. The molecular weight excluding hydrogens is 560 g/mol. The van der Waals surface area contributed by atoms with E-state index in [-0.39, 0.29) is 28.9 Å². The first-order valence-corrected chi connectivity index (χ1v) is 13.1. The van der Waals surface area contributed by atoms with Gasteiger partial charge in [0.2, 0.25) is 6.30 Å². The quantitative estimate of drug-likeness (QED) is 0.168. The number of ether oxygens (including phenoxy) is 1. The van der Waals surface area contributed by atoms with Crippen LogP contribution in [0.2, 0.25) is 0 Å². The molecule has 5 rings (SSSR count). The number of methoxy groups -OCH3 is 1. The van der Waals surface area contributed by atoms with Crippen LogP contribution in [0, 0.1) is 15.9 Å². The Kier molecular flexibility index (Phi) is 8.37. The molecule has 0 N–H and O–H groups in total. The molecule has 0 aliphatic rings. The lowest BCUT2D eigenvalue weighted by molar-refractivity contribution is -0.387. The van der Waals surface area contributed by atoms with Crippen LogP contribution in [-0.2, 0) is 13.1 Å². The van der Waals surface area contributed by atoms with Crippen molar-refractivity contribution in [2.45, 2.75) is 19.4 Å². The highest BCUT2D eigenvalue weighted by molar-refractivity contribution is 5.71. The predicted octanol–water partition coefficient (Wildman–Crippen LogP) is 5.05. The van der Waals surface area contributed by atoms with Gasteiger partial charge in [-0.15, -0.1) is 0 Å². The van der Waals surface area contributed by atoms with Gasteiger partial charge in [0, 0.05) is 22.9 Å². The fraction of sp³-hybridized carbons (Fsp3) is 0.129. The first-order chi connectivity index (χ1) is 20.8. The number of alkyl halides is 1. The Morgan fingerprint density at radius 3 is 2.35 bits per heavy atom. The van der Waals surface area contributed by atoms with Gasteiger partial charge in [-0.1, -0.05) is 60.7 Å². The van der Waals surface area contributed by atoms with E-state index in [4.69, 9.17) is 4.74 Å². The molecule has 1 atom stereocenters. The van der Waals surface area contributed by atoms with Crippen molar-refractivity contribution in [3.05, 3.63) is 156 Å². The van der Waals surface area contributed by atoms with E-state index in [2.05, 4.69) is 5.10 Å². The third-order valence-electron chi connectivity index (χ3n) is 6.75. The summed E-state index contributed by atoms with van der Waals surface area (Å²) in [6, 6.07) is 20.3. The Hall–Kier alpha value is -5.65. The van der Waals surface area contributed by atoms with Crippen molar-refractivity contribution < 1.29 is 18.4 Å². The third kappa shape index (κ3) is 6.17. The highest BCUT2D eigenvalue weighted by Gasteiger charge is 2.30. The highest BCUT2D eigenvalue weighted by Crippen LogP contribution is 2.22. The number of nitro groups is 1. The molecule has 0 saturated carbocycles. The second-order valence-corrected chi connectivity index (χ2v) is 9.53. The number of aromatic nitrogens is 4. The molecule has 43 heavy (non-hydrogen) atoms. The van der Waals surface area contributed by atoms with Crippen LogP contribution in [0.15, 0.2) is 101 Å². The maximum atomic E-state index is 15.7. The van der Waals surface area contributed by atoms with E-state index in [1.165, 1.54) is 60.5 Å². The zero-order chi connectivity index (χ0) is 30.5. The van der Waals surface area contributed by atoms with Gasteiger partial charge in [-0.25, -0.2) is 18.1 Å². The number of rotatable bonds is 10. The predicted molar refractivity (Wildman–Crippen MR) is 156 cm³/mol. The standard InChI is InChI=1S/C31H25F2N5O5/c1-43-25-14-11-21(12-15-25)19-36-27(16-13-22-17-34-35(18-22)20-24-9-5-6-10-26(24)32)28(38(41)42)30(39)37(31(36)40)29(33)23-7-3-2-4-8-23/h2-18,29H,19-20H2,1H3/b16-13+. The molecule has 12 heteroatoms. The van der Waals surface area contributed by atoms with Gasteiger partial charge >= 0.3 is 16.9 Å². The molecule has 0 fully saturated rings. The van der Waals surface area contributed by atoms with Crippen LogP contribution in [0.3, 0.4) is 0 Å². The zero-order valence-corrected chi connectivity index (χ0v) is 22.8. The van der Waals surface area contributed by atoms with Gasteiger partial charge in [-0.3, -0.25) is 24.2 Å². The molecule has 0 amide bonds. The van der Waals surface area contributed by atoms with Gasteiger partial charge < -0.3 is 4.74 Å². The summed E-state index contributed by atoms with van der Waals surface area (Å²) in [5.41, 5.74) is -2.35. The van der Waals surface area contributed by atoms with E-state index in [1.807, 2.05) is 0 Å². The summed E-state index contributed by atoms with van der Waals surface area (Å²) in [6.45, 7) is -0.0755. The molecule has 0 bridgehead atoms. The minimum absolute atomic E-state index is 0.0162. The summed E-state index contributed by atoms with van der Waals surface area (Å²) in [5.74, 6) is 0.156. The van der Waals surface area contributed by atoms with E-state index in [0.29, 0.717) is 22.4 Å². The largest absolute Gasteiger partial charge is 0.497 e. The molecule has 0 radical (unpaired) electrons. The van der Waals surface area contributed by atoms with E-state index in [0.717, 1.165) is 4.57 Å². The maximum absolute atomic E-state index is 15.7. The van der Waals surface area contributed by atoms with Crippen LogP contribution in [0.1, 0.15) is 34.2 Å². The Morgan fingerprint density at radius 2 is 1.67 bits per heavy atom. The molecule has 2 heterocycles. The normalized spacial score (nSPS) is 12.0. The third-order valence-corrected chi connectivity index (χ3v) is 6.75. The van der Waals surface area contributed by atoms with Crippen molar-refractivity contribution >= 4 is 17.8 Å². The summed E-state index contributed by atoms with van der Waals surface area (Å²) in [5, 5.41) is 16.5. The Balaban J connectivity index is 1.62. The van der Waals surface area contributed by atoms with E-state index in [9.17, 15) is 24.1 Å². The smallest absolute Gasteiger partial charge is 0.357 e. The molecular formula is C31H25F2N5O5. The average Bonchev–Trinajstić information content (AvgIpc) is 3.46. The van der Waals surface area contributed by atoms with Crippen molar-refractivity contribution in [2.24, 2.45) is 0 Å². The van der Waals surface area contributed by atoms with E-state index >= 15 is 4.39 Å². The summed E-state index contributed by atoms with van der Waals surface area (Å²) < 4.78 is 37.7. The lowest BCUT2D eigenvalue weighted by Crippen LogP contribution is -2.43. The second-order valence-electron chi connectivity index (χ2n) is 9.53. The van der Waals surface area contributed by atoms with Gasteiger partial charge in [0.15, 0.2) is 0 Å². The van der Waals surface area contributed by atoms with Crippen LogP contribution >= 0.6 is 0 Å². The van der Waals surface area contributed by atoms with Gasteiger partial charge in [0.05, 0.1) is 31.3 Å². The molecule has 1 unspecified atom stereocenters. The Labute approximate surface area is 243 Å². The average molecular weight is 586 g/mol. The Morgan fingerprint density at radius 1 is 0.977 bits per heavy atom. The zero-order valence-electron chi connectivity index (χ0n) is 22.8. The van der Waals surface area contributed by atoms with E-state index < -0.39 is 34.0 Å². The lowest BCUT2D eigenvalue weighted by atomic mass is 10.2. The van der Waals surface area contributed by atoms with Gasteiger partial charge in [-0.05, 0) is 35.9 Å². The SMILES string of the molecule is COc1ccc(Cn2c(/C=C/c3cnn(Cc4ccccc4F)c3)c([N+](=O)[O-])c(=O)n(C(F)c3ccccc3)c2=O)cc1. The lowest BCUT2D eigenvalue weighted by Gasteiger charge is -2.17. The van der Waals surface area contributed by atoms with Crippen molar-refractivity contribution in [2.75, 3.05) is 7.11 Å². The van der Waals surface area contributed by atoms with Crippen LogP contribution in [0.5, 0.6) is 5.75 Å². The fourth-order valence-corrected chi connectivity index (χ4v) is 4.57. The van der Waals surface area contributed by atoms with E-state index in [1.54, 1.807) is 54.7 Å². The molecule has 5 aromatic rings. The molecule has 2 aromatic heterocycles. The Bertz CT molecular complexity index is 1910. The van der Waals surface area contributed by atoms with Gasteiger partial charge in [0.25, 0.3) is 0 Å². The molecule has 0 aliphatic heterocycles. The summed E-state index contributed by atoms with van der Waals surface area (Å²) >= 11 is 0. The topological polar surface area (TPSA) is 114 Å². The van der Waals surface area contributed by atoms with Crippen molar-refractivity contribution in [3.8, 4) is 5.75 Å². The first kappa shape index (κ1) is 28.9. The van der Waals surface area contributed by atoms with Crippen molar-refractivity contribution in [3.63, 3.8) is 0 Å². The fourth-order valence-electron chi connectivity index (χ4n) is 4.57. The molecule has 0 saturated heterocycles. The highest BCUT2D eigenvalue weighted by atomic mass is 19.1. The number of hydrogen-bond acceptors (Lipinski definition) is 6. The maximum Gasteiger partial charge on any atom is 0.357 e. The second kappa shape index (κ2) is 12.5. The molecule has 0 spiro atoms. The number of benzene rings is 3. The summed E-state index contributed by atoms with van der Waals surface area (Å²) in [6.07, 6.45) is 3.44. The minimum atomic E-state index is -2.27. The van der Waals surface area contributed by atoms with Gasteiger partial charge in [-0.2, -0.15) is 5.10 Å². The first-order valence-electron chi connectivity index (χ1n) is 13.1. The number of halogens is 2. The van der Waals surface area contributed by atoms with Gasteiger partial charge in [0.1, 0.15) is 17.3 Å². The van der Waals surface area contributed by atoms with Crippen molar-refractivity contribution in [1.82, 2.24) is 18.9 Å². The molecule has 218 valence electrons. The monoisotopic (exact) mass is 585 g/mol. The van der Waals surface area contributed by atoms with Crippen molar-refractivity contribution in [1.29, 1.82) is 0 Å².